The maximum atomic E-state index is 10.1. The van der Waals surface area contributed by atoms with Crippen LogP contribution in [0.4, 0.5) is 0 Å². The fourth-order valence-electron chi connectivity index (χ4n) is 2.01. The number of oxazole rings is 1. The zero-order valence-corrected chi connectivity index (χ0v) is 10.1. The average Bonchev–Trinajstić information content (AvgIpc) is 2.77. The highest BCUT2D eigenvalue weighted by Gasteiger charge is 2.14. The van der Waals surface area contributed by atoms with Crippen molar-refractivity contribution in [3.8, 4) is 17.2 Å². The monoisotopic (exact) mass is 240 g/mol. The molecule has 0 aliphatic rings. The van der Waals surface area contributed by atoms with Crippen LogP contribution in [0.1, 0.15) is 11.1 Å². The fourth-order valence-corrected chi connectivity index (χ4v) is 2.01. The first kappa shape index (κ1) is 10.8. The Morgan fingerprint density at radius 1 is 1.22 bits per heavy atom. The largest absolute Gasteiger partial charge is 0.507 e. The summed E-state index contributed by atoms with van der Waals surface area (Å²) < 4.78 is 5.61. The molecular formula is C14H12N2O2. The fraction of sp³-hybridized carbons (Fsp3) is 0.143. The molecule has 3 aromatic rings. The van der Waals surface area contributed by atoms with Gasteiger partial charge in [-0.15, -0.1) is 0 Å². The van der Waals surface area contributed by atoms with E-state index in [0.717, 1.165) is 11.1 Å². The van der Waals surface area contributed by atoms with Gasteiger partial charge in [0, 0.05) is 6.20 Å². The Labute approximate surface area is 104 Å². The molecule has 0 aliphatic carbocycles. The van der Waals surface area contributed by atoms with Gasteiger partial charge in [0.2, 0.25) is 5.89 Å². The third-order valence-electron chi connectivity index (χ3n) is 2.84. The van der Waals surface area contributed by atoms with Gasteiger partial charge in [0.05, 0.1) is 5.56 Å². The molecule has 90 valence electrons. The summed E-state index contributed by atoms with van der Waals surface area (Å²) in [7, 11) is 0. The van der Waals surface area contributed by atoms with Crippen molar-refractivity contribution < 1.29 is 9.52 Å². The molecule has 0 amide bonds. The normalized spacial score (nSPS) is 11.0. The number of nitrogens with zero attached hydrogens (tertiary/aromatic N) is 2. The third-order valence-corrected chi connectivity index (χ3v) is 2.84. The van der Waals surface area contributed by atoms with E-state index >= 15 is 0 Å². The van der Waals surface area contributed by atoms with E-state index in [4.69, 9.17) is 4.42 Å². The van der Waals surface area contributed by atoms with Crippen LogP contribution in [0.2, 0.25) is 0 Å². The zero-order valence-electron chi connectivity index (χ0n) is 10.1. The molecule has 2 aromatic heterocycles. The van der Waals surface area contributed by atoms with Crippen molar-refractivity contribution in [2.24, 2.45) is 0 Å². The van der Waals surface area contributed by atoms with Gasteiger partial charge in [-0.3, -0.25) is 0 Å². The highest BCUT2D eigenvalue weighted by atomic mass is 16.4. The molecule has 0 fully saturated rings. The topological polar surface area (TPSA) is 59.2 Å². The number of rotatable bonds is 1. The second-order valence-electron chi connectivity index (χ2n) is 4.32. The first-order valence-electron chi connectivity index (χ1n) is 5.67. The molecule has 18 heavy (non-hydrogen) atoms. The lowest BCUT2D eigenvalue weighted by Crippen LogP contribution is -1.85. The van der Waals surface area contributed by atoms with Crippen LogP contribution in [-0.4, -0.2) is 15.1 Å². The van der Waals surface area contributed by atoms with E-state index in [1.165, 1.54) is 0 Å². The maximum absolute atomic E-state index is 10.1. The quantitative estimate of drug-likeness (QED) is 0.709. The molecule has 0 spiro atoms. The summed E-state index contributed by atoms with van der Waals surface area (Å²) in [5.41, 5.74) is 3.62. The SMILES string of the molecule is Cc1cc(C)c(O)c(-c2nc3ncccc3o2)c1. The van der Waals surface area contributed by atoms with Crippen LogP contribution >= 0.6 is 0 Å². The predicted octanol–water partition coefficient (Wildman–Crippen LogP) is 3.21. The van der Waals surface area contributed by atoms with Crippen LogP contribution in [0, 0.1) is 13.8 Å². The van der Waals surface area contributed by atoms with Crippen LogP contribution in [0.25, 0.3) is 22.7 Å². The molecule has 0 unspecified atom stereocenters. The van der Waals surface area contributed by atoms with Crippen molar-refractivity contribution in [2.45, 2.75) is 13.8 Å². The Morgan fingerprint density at radius 3 is 2.83 bits per heavy atom. The van der Waals surface area contributed by atoms with Crippen LogP contribution in [0.5, 0.6) is 5.75 Å². The Bertz CT molecular complexity index is 699. The van der Waals surface area contributed by atoms with Gasteiger partial charge in [-0.25, -0.2) is 4.98 Å². The number of hydrogen-bond acceptors (Lipinski definition) is 4. The highest BCUT2D eigenvalue weighted by Crippen LogP contribution is 2.33. The number of pyridine rings is 1. The maximum Gasteiger partial charge on any atom is 0.232 e. The van der Waals surface area contributed by atoms with Gasteiger partial charge in [0.15, 0.2) is 11.2 Å². The Balaban J connectivity index is 2.26. The molecule has 0 radical (unpaired) electrons. The molecular weight excluding hydrogens is 228 g/mol. The summed E-state index contributed by atoms with van der Waals surface area (Å²) in [6.45, 7) is 3.82. The van der Waals surface area contributed by atoms with Gasteiger partial charge in [0.1, 0.15) is 5.75 Å². The van der Waals surface area contributed by atoms with E-state index in [1.54, 1.807) is 18.3 Å². The minimum Gasteiger partial charge on any atom is -0.507 e. The molecule has 2 heterocycles. The highest BCUT2D eigenvalue weighted by molar-refractivity contribution is 5.74. The zero-order chi connectivity index (χ0) is 12.7. The van der Waals surface area contributed by atoms with E-state index in [-0.39, 0.29) is 5.75 Å². The summed E-state index contributed by atoms with van der Waals surface area (Å²) >= 11 is 0. The van der Waals surface area contributed by atoms with E-state index in [0.29, 0.717) is 22.7 Å². The molecule has 0 saturated heterocycles. The Kier molecular flexibility index (Phi) is 2.30. The van der Waals surface area contributed by atoms with Crippen LogP contribution in [0.15, 0.2) is 34.9 Å². The number of fused-ring (bicyclic) bond motifs is 1. The first-order valence-corrected chi connectivity index (χ1v) is 5.67. The number of aromatic hydroxyl groups is 1. The van der Waals surface area contributed by atoms with Gasteiger partial charge in [-0.2, -0.15) is 4.98 Å². The van der Waals surface area contributed by atoms with Gasteiger partial charge in [0.25, 0.3) is 0 Å². The van der Waals surface area contributed by atoms with E-state index in [1.807, 2.05) is 26.0 Å². The standard InChI is InChI=1S/C14H12N2O2/c1-8-6-9(2)12(17)10(7-8)14-16-13-11(18-14)4-3-5-15-13/h3-7,17H,1-2H3. The number of benzene rings is 1. The van der Waals surface area contributed by atoms with Crippen molar-refractivity contribution in [3.63, 3.8) is 0 Å². The van der Waals surface area contributed by atoms with Crippen molar-refractivity contribution in [1.29, 1.82) is 0 Å². The van der Waals surface area contributed by atoms with Crippen molar-refractivity contribution in [2.75, 3.05) is 0 Å². The third kappa shape index (κ3) is 1.62. The molecule has 0 saturated carbocycles. The summed E-state index contributed by atoms with van der Waals surface area (Å²) in [4.78, 5) is 8.40. The average molecular weight is 240 g/mol. The van der Waals surface area contributed by atoms with Crippen LogP contribution in [-0.2, 0) is 0 Å². The molecule has 0 atom stereocenters. The van der Waals surface area contributed by atoms with Crippen molar-refractivity contribution in [1.82, 2.24) is 9.97 Å². The van der Waals surface area contributed by atoms with Gasteiger partial charge in [-0.05, 0) is 43.2 Å². The molecule has 0 aliphatic heterocycles. The summed E-state index contributed by atoms with van der Waals surface area (Å²) in [5, 5.41) is 10.1. The Morgan fingerprint density at radius 2 is 2.06 bits per heavy atom. The second kappa shape index (κ2) is 3.84. The predicted molar refractivity (Wildman–Crippen MR) is 68.4 cm³/mol. The number of aromatic nitrogens is 2. The number of aryl methyl sites for hydroxylation is 2. The van der Waals surface area contributed by atoms with Crippen LogP contribution < -0.4 is 0 Å². The van der Waals surface area contributed by atoms with E-state index in [9.17, 15) is 5.11 Å². The number of hydrogen-bond donors (Lipinski definition) is 1. The summed E-state index contributed by atoms with van der Waals surface area (Å²) in [6, 6.07) is 7.37. The van der Waals surface area contributed by atoms with Crippen molar-refractivity contribution >= 4 is 11.2 Å². The lowest BCUT2D eigenvalue weighted by Gasteiger charge is -2.05. The summed E-state index contributed by atoms with van der Waals surface area (Å²) in [6.07, 6.45) is 1.66. The lowest BCUT2D eigenvalue weighted by molar-refractivity contribution is 0.470. The molecule has 1 aromatic carbocycles. The molecule has 0 bridgehead atoms. The lowest BCUT2D eigenvalue weighted by atomic mass is 10.1. The summed E-state index contributed by atoms with van der Waals surface area (Å²) in [5.74, 6) is 0.597. The van der Waals surface area contributed by atoms with E-state index < -0.39 is 0 Å². The number of phenols is 1. The second-order valence-corrected chi connectivity index (χ2v) is 4.32. The number of phenolic OH excluding ortho intramolecular Hbond substituents is 1. The first-order chi connectivity index (χ1) is 8.65. The van der Waals surface area contributed by atoms with Gasteiger partial charge in [-0.1, -0.05) is 6.07 Å². The van der Waals surface area contributed by atoms with E-state index in [2.05, 4.69) is 9.97 Å². The molecule has 3 rings (SSSR count). The molecule has 1 N–H and O–H groups in total. The molecule has 4 nitrogen and oxygen atoms in total. The van der Waals surface area contributed by atoms with Gasteiger partial charge < -0.3 is 9.52 Å². The van der Waals surface area contributed by atoms with Gasteiger partial charge >= 0.3 is 0 Å². The minimum absolute atomic E-state index is 0.201. The smallest absolute Gasteiger partial charge is 0.232 e. The minimum atomic E-state index is 0.201. The van der Waals surface area contributed by atoms with Crippen LogP contribution in [0.3, 0.4) is 0 Å². The molecule has 4 heteroatoms. The van der Waals surface area contributed by atoms with Crippen molar-refractivity contribution in [3.05, 3.63) is 41.6 Å². The Hall–Kier alpha value is -2.36.